The van der Waals surface area contributed by atoms with Crippen LogP contribution in [0.1, 0.15) is 52.0 Å². The molecule has 2 unspecified atom stereocenters. The van der Waals surface area contributed by atoms with Gasteiger partial charge in [-0.3, -0.25) is 10.2 Å². The molecule has 2 saturated heterocycles. The minimum Gasteiger partial charge on any atom is -0.479 e. The summed E-state index contributed by atoms with van der Waals surface area (Å²) in [6.45, 7) is 2.35. The van der Waals surface area contributed by atoms with E-state index in [-0.39, 0.29) is 32.6 Å². The number of piperidine rings is 2. The molecule has 2 aliphatic heterocycles. The van der Waals surface area contributed by atoms with Crippen molar-refractivity contribution >= 4 is 24.1 Å². The van der Waals surface area contributed by atoms with Gasteiger partial charge in [0.05, 0.1) is 13.1 Å². The van der Waals surface area contributed by atoms with Crippen LogP contribution in [0.3, 0.4) is 0 Å². The topological polar surface area (TPSA) is 152 Å². The van der Waals surface area contributed by atoms with Crippen LogP contribution in [0.2, 0.25) is 0 Å². The molecule has 43 heavy (non-hydrogen) atoms. The Balaban J connectivity index is 0.000000282. The number of carboxylic acids is 1. The summed E-state index contributed by atoms with van der Waals surface area (Å²) >= 11 is 0. The van der Waals surface area contributed by atoms with Gasteiger partial charge >= 0.3 is 18.2 Å². The molecule has 2 aromatic rings. The van der Waals surface area contributed by atoms with E-state index >= 15 is 0 Å². The van der Waals surface area contributed by atoms with E-state index in [1.54, 1.807) is 24.5 Å². The van der Waals surface area contributed by atoms with Crippen LogP contribution in [0, 0.1) is 0 Å². The van der Waals surface area contributed by atoms with E-state index in [0.29, 0.717) is 32.8 Å². The fraction of sp³-hybridized carbons (Fsp3) is 0.467. The summed E-state index contributed by atoms with van der Waals surface area (Å²) in [5.41, 5.74) is -1.06. The molecule has 236 valence electrons. The van der Waals surface area contributed by atoms with E-state index in [4.69, 9.17) is 21.8 Å². The molecule has 2 fully saturated rings. The van der Waals surface area contributed by atoms with Crippen molar-refractivity contribution in [3.8, 4) is 0 Å². The summed E-state index contributed by atoms with van der Waals surface area (Å²) in [4.78, 5) is 48.4. The van der Waals surface area contributed by atoms with Gasteiger partial charge in [0.1, 0.15) is 13.2 Å². The Morgan fingerprint density at radius 2 is 1.26 bits per heavy atom. The van der Waals surface area contributed by atoms with Gasteiger partial charge < -0.3 is 24.4 Å². The third-order valence-electron chi connectivity index (χ3n) is 6.73. The van der Waals surface area contributed by atoms with E-state index in [1.165, 1.54) is 4.90 Å². The van der Waals surface area contributed by atoms with Crippen LogP contribution >= 0.6 is 0 Å². The maximum Gasteiger partial charge on any atom is 0.410 e. The van der Waals surface area contributed by atoms with Gasteiger partial charge in [-0.05, 0) is 36.8 Å². The summed E-state index contributed by atoms with van der Waals surface area (Å²) in [5, 5.41) is 8.85. The molecule has 11 nitrogen and oxygen atoms in total. The Bertz CT molecular complexity index is 1210. The highest BCUT2D eigenvalue weighted by molar-refractivity contribution is 5.85. The number of ether oxygens (including phenoxy) is 2. The van der Waals surface area contributed by atoms with Crippen molar-refractivity contribution in [2.45, 2.75) is 64.1 Å². The van der Waals surface area contributed by atoms with Crippen molar-refractivity contribution < 1.29 is 43.9 Å². The first-order valence-corrected chi connectivity index (χ1v) is 13.8. The molecule has 0 radical (unpaired) electrons. The Hall–Kier alpha value is -4.26. The number of nitrogens with one attached hydrogen (secondary N) is 1. The second-order valence-corrected chi connectivity index (χ2v) is 9.84. The molecule has 2 heterocycles. The monoisotopic (exact) mass is 607 g/mol. The smallest absolute Gasteiger partial charge is 0.410 e. The molecule has 4 N–H and O–H groups in total. The SMILES string of the molecule is NNC(=O)C1(F)CCCN(C(=O)OCc2ccccc2)C1.O=C(OCc1ccccc1)N1CCCC(F)(C(=O)O)C1.[2H]CC. The minimum absolute atomic E-state index is 0.0402. The number of hydrazine groups is 1. The number of nitrogens with two attached hydrogens (primary N) is 1. The zero-order valence-corrected chi connectivity index (χ0v) is 24.2. The molecular weight excluding hydrogens is 566 g/mol. The number of carboxylic acid groups (broad SMARTS) is 1. The molecule has 2 atom stereocenters. The van der Waals surface area contributed by atoms with Crippen LogP contribution in [-0.2, 0) is 32.3 Å². The Morgan fingerprint density at radius 3 is 1.65 bits per heavy atom. The van der Waals surface area contributed by atoms with Crippen LogP contribution in [0.5, 0.6) is 0 Å². The maximum atomic E-state index is 14.4. The highest BCUT2D eigenvalue weighted by Crippen LogP contribution is 2.27. The van der Waals surface area contributed by atoms with Gasteiger partial charge in [0.2, 0.25) is 11.3 Å². The highest BCUT2D eigenvalue weighted by Gasteiger charge is 2.45. The lowest BCUT2D eigenvalue weighted by atomic mass is 9.94. The lowest BCUT2D eigenvalue weighted by Gasteiger charge is -2.35. The van der Waals surface area contributed by atoms with E-state index in [9.17, 15) is 28.0 Å². The Morgan fingerprint density at radius 1 is 0.860 bits per heavy atom. The van der Waals surface area contributed by atoms with Crippen molar-refractivity contribution in [3.05, 3.63) is 71.8 Å². The fourth-order valence-corrected chi connectivity index (χ4v) is 4.44. The summed E-state index contributed by atoms with van der Waals surface area (Å²) in [6.07, 6.45) is -0.668. The van der Waals surface area contributed by atoms with Gasteiger partial charge in [0.15, 0.2) is 0 Å². The largest absolute Gasteiger partial charge is 0.479 e. The lowest BCUT2D eigenvalue weighted by Crippen LogP contribution is -2.57. The van der Waals surface area contributed by atoms with Gasteiger partial charge in [-0.15, -0.1) is 0 Å². The van der Waals surface area contributed by atoms with E-state index in [1.807, 2.05) is 48.5 Å². The van der Waals surface area contributed by atoms with Crippen molar-refractivity contribution in [3.63, 3.8) is 0 Å². The zero-order chi connectivity index (χ0) is 32.6. The minimum atomic E-state index is -2.37. The van der Waals surface area contributed by atoms with Crippen LogP contribution in [0.25, 0.3) is 0 Å². The normalized spacial score (nSPS) is 21.4. The maximum absolute atomic E-state index is 14.4. The summed E-state index contributed by atoms with van der Waals surface area (Å²) in [6, 6.07) is 18.3. The molecule has 0 aliphatic carbocycles. The zero-order valence-electron chi connectivity index (χ0n) is 25.2. The number of aliphatic carboxylic acids is 1. The first kappa shape index (κ1) is 33.2. The van der Waals surface area contributed by atoms with Gasteiger partial charge in [-0.2, -0.15) is 0 Å². The van der Waals surface area contributed by atoms with E-state index < -0.39 is 41.9 Å². The number of hydrogen-bond acceptors (Lipinski definition) is 7. The summed E-state index contributed by atoms with van der Waals surface area (Å²) in [7, 11) is 0. The summed E-state index contributed by atoms with van der Waals surface area (Å²) < 4.78 is 44.8. The standard InChI is InChI=1S/C14H18FN3O3.C14H16FNO4.C2H6/c15-14(12(19)17-16)7-4-8-18(10-14)13(20)21-9-11-5-2-1-3-6-11;15-14(12(17)18)7-4-8-16(10-14)13(19)20-9-11-5-2-1-3-6-11;1-2/h1-3,5-6H,4,7-10,16H2,(H,17,19);1-3,5-6H,4,7-10H2,(H,17,18);1-2H3/i;;1D. The predicted octanol–water partition coefficient (Wildman–Crippen LogP) is 4.36. The Labute approximate surface area is 251 Å². The molecule has 0 spiro atoms. The van der Waals surface area contributed by atoms with Crippen LogP contribution < -0.4 is 11.3 Å². The summed E-state index contributed by atoms with van der Waals surface area (Å²) in [5.74, 6) is 2.53. The fourth-order valence-electron chi connectivity index (χ4n) is 4.44. The number of halogens is 2. The van der Waals surface area contributed by atoms with Crippen LogP contribution in [-0.4, -0.2) is 76.5 Å². The van der Waals surface area contributed by atoms with Crippen molar-refractivity contribution in [2.75, 3.05) is 26.2 Å². The number of amides is 3. The molecule has 3 amide bonds. The number of carbonyl (C=O) groups is 4. The van der Waals surface area contributed by atoms with Gasteiger partial charge in [0, 0.05) is 14.5 Å². The molecular formula is C30H40F2N4O7. The lowest BCUT2D eigenvalue weighted by molar-refractivity contribution is -0.154. The van der Waals surface area contributed by atoms with Gasteiger partial charge in [0.25, 0.3) is 5.91 Å². The van der Waals surface area contributed by atoms with Crippen molar-refractivity contribution in [2.24, 2.45) is 5.84 Å². The highest BCUT2D eigenvalue weighted by atomic mass is 19.1. The predicted molar refractivity (Wildman–Crippen MR) is 154 cm³/mol. The van der Waals surface area contributed by atoms with Gasteiger partial charge in [-0.25, -0.2) is 29.0 Å². The first-order valence-electron chi connectivity index (χ1n) is 14.5. The molecule has 0 aromatic heterocycles. The molecule has 0 saturated carbocycles. The Kier molecular flexibility index (Phi) is 13.1. The number of likely N-dealkylation sites (tertiary alicyclic amines) is 2. The number of alkyl halides is 2. The number of nitrogens with zero attached hydrogens (tertiary/aromatic N) is 2. The quantitative estimate of drug-likeness (QED) is 0.249. The average molecular weight is 608 g/mol. The van der Waals surface area contributed by atoms with Crippen LogP contribution in [0.15, 0.2) is 60.7 Å². The van der Waals surface area contributed by atoms with Crippen LogP contribution in [0.4, 0.5) is 18.4 Å². The average Bonchev–Trinajstić information content (AvgIpc) is 3.03. The molecule has 2 aliphatic rings. The molecule has 0 bridgehead atoms. The first-order chi connectivity index (χ1) is 21.0. The third kappa shape index (κ3) is 10.5. The van der Waals surface area contributed by atoms with Crippen molar-refractivity contribution in [1.82, 2.24) is 15.2 Å². The second kappa shape index (κ2) is 17.0. The number of carbonyl (C=O) groups excluding carboxylic acids is 3. The van der Waals surface area contributed by atoms with Crippen molar-refractivity contribution in [1.29, 1.82) is 0 Å². The number of benzene rings is 2. The third-order valence-corrected chi connectivity index (χ3v) is 6.73. The van der Waals surface area contributed by atoms with E-state index in [0.717, 1.165) is 16.0 Å². The number of hydrogen-bond donors (Lipinski definition) is 3. The molecule has 2 aromatic carbocycles. The van der Waals surface area contributed by atoms with E-state index in [2.05, 4.69) is 0 Å². The molecule has 13 heteroatoms. The molecule has 4 rings (SSSR count). The number of rotatable bonds is 6. The van der Waals surface area contributed by atoms with Gasteiger partial charge in [-0.1, -0.05) is 74.5 Å². The second-order valence-electron chi connectivity index (χ2n) is 9.84.